The number of para-hydroxylation sites is 1. The molecule has 2 heterocycles. The predicted molar refractivity (Wildman–Crippen MR) is 149 cm³/mol. The van der Waals surface area contributed by atoms with Gasteiger partial charge in [0, 0.05) is 17.8 Å². The summed E-state index contributed by atoms with van der Waals surface area (Å²) in [7, 11) is 0. The van der Waals surface area contributed by atoms with Crippen LogP contribution < -0.4 is 10.2 Å². The van der Waals surface area contributed by atoms with E-state index in [1.165, 1.54) is 17.2 Å². The molecule has 4 aromatic rings. The van der Waals surface area contributed by atoms with Crippen molar-refractivity contribution in [1.82, 2.24) is 5.32 Å². The van der Waals surface area contributed by atoms with Gasteiger partial charge in [-0.3, -0.25) is 10.1 Å². The summed E-state index contributed by atoms with van der Waals surface area (Å²) in [6, 6.07) is 32.8. The van der Waals surface area contributed by atoms with Crippen LogP contribution in [0.15, 0.2) is 103 Å². The second-order valence-corrected chi connectivity index (χ2v) is 10.1. The van der Waals surface area contributed by atoms with Gasteiger partial charge in [0.1, 0.15) is 6.61 Å². The Kier molecular flexibility index (Phi) is 6.71. The molecule has 1 N–H and O–H groups in total. The van der Waals surface area contributed by atoms with Gasteiger partial charge in [-0.1, -0.05) is 91.0 Å². The van der Waals surface area contributed by atoms with E-state index < -0.39 is 6.09 Å². The summed E-state index contributed by atoms with van der Waals surface area (Å²) in [5, 5.41) is 14.8. The number of carbonyl (C=O) groups excluding carboxylic acids is 1. The number of hydrogen-bond donors (Lipinski definition) is 1. The molecule has 7 nitrogen and oxygen atoms in total. The van der Waals surface area contributed by atoms with Crippen molar-refractivity contribution >= 4 is 17.5 Å². The molecule has 0 saturated carbocycles. The molecule has 0 spiro atoms. The Balaban J connectivity index is 1.39. The number of non-ortho nitro benzene ring substituents is 1. The van der Waals surface area contributed by atoms with Gasteiger partial charge in [0.05, 0.1) is 23.0 Å². The molecule has 6 rings (SSSR count). The molecule has 39 heavy (non-hydrogen) atoms. The van der Waals surface area contributed by atoms with Gasteiger partial charge in [-0.05, 0) is 47.1 Å². The molecule has 0 saturated heterocycles. The van der Waals surface area contributed by atoms with Crippen LogP contribution in [0.25, 0.3) is 0 Å². The normalized spacial score (nSPS) is 19.6. The molecule has 1 amide bonds. The molecular formula is C32H29N3O4. The third-order valence-corrected chi connectivity index (χ3v) is 7.76. The summed E-state index contributed by atoms with van der Waals surface area (Å²) in [5.41, 5.74) is 6.42. The number of hydrogen-bond acceptors (Lipinski definition) is 5. The van der Waals surface area contributed by atoms with Crippen molar-refractivity contribution in [2.75, 3.05) is 4.90 Å². The fourth-order valence-electron chi connectivity index (χ4n) is 6.02. The van der Waals surface area contributed by atoms with Gasteiger partial charge in [0.15, 0.2) is 0 Å². The van der Waals surface area contributed by atoms with E-state index in [4.69, 9.17) is 4.74 Å². The number of alkyl carbamates (subject to hydrolysis) is 1. The maximum Gasteiger partial charge on any atom is 0.407 e. The van der Waals surface area contributed by atoms with Gasteiger partial charge in [-0.25, -0.2) is 4.79 Å². The number of nitro benzene ring substituents is 1. The average molecular weight is 520 g/mol. The van der Waals surface area contributed by atoms with E-state index in [9.17, 15) is 14.9 Å². The van der Waals surface area contributed by atoms with Crippen molar-refractivity contribution in [3.8, 4) is 0 Å². The zero-order valence-corrected chi connectivity index (χ0v) is 21.4. The number of nitrogens with zero attached hydrogens (tertiary/aromatic N) is 2. The number of benzene rings is 4. The number of amides is 1. The second-order valence-electron chi connectivity index (χ2n) is 10.1. The van der Waals surface area contributed by atoms with Crippen LogP contribution in [0.5, 0.6) is 0 Å². The Morgan fingerprint density at radius 2 is 1.62 bits per heavy atom. The fraction of sp³-hybridized carbons (Fsp3) is 0.219. The van der Waals surface area contributed by atoms with E-state index in [1.807, 2.05) is 48.5 Å². The second kappa shape index (κ2) is 10.6. The zero-order valence-electron chi connectivity index (χ0n) is 21.4. The number of carbonyl (C=O) groups is 1. The Morgan fingerprint density at radius 3 is 2.38 bits per heavy atom. The maximum absolute atomic E-state index is 13.0. The molecule has 2 aliphatic rings. The first-order valence-corrected chi connectivity index (χ1v) is 13.2. The van der Waals surface area contributed by atoms with Crippen LogP contribution in [-0.4, -0.2) is 11.0 Å². The lowest BCUT2D eigenvalue weighted by Gasteiger charge is -2.50. The average Bonchev–Trinajstić information content (AvgIpc) is 2.98. The molecule has 0 unspecified atom stereocenters. The monoisotopic (exact) mass is 519 g/mol. The summed E-state index contributed by atoms with van der Waals surface area (Å²) in [4.78, 5) is 26.7. The number of nitrogens with one attached hydrogen (secondary N) is 1. The zero-order chi connectivity index (χ0) is 26.8. The van der Waals surface area contributed by atoms with E-state index in [0.717, 1.165) is 35.2 Å². The Hall–Kier alpha value is -4.65. The molecule has 0 fully saturated rings. The van der Waals surface area contributed by atoms with Crippen molar-refractivity contribution in [3.05, 3.63) is 141 Å². The molecule has 0 bridgehead atoms. The van der Waals surface area contributed by atoms with Crippen LogP contribution in [0.2, 0.25) is 0 Å². The Bertz CT molecular complexity index is 1490. The molecule has 0 radical (unpaired) electrons. The lowest BCUT2D eigenvalue weighted by atomic mass is 9.79. The largest absolute Gasteiger partial charge is 0.445 e. The third-order valence-electron chi connectivity index (χ3n) is 7.76. The molecule has 196 valence electrons. The number of aryl methyl sites for hydroxylation is 1. The van der Waals surface area contributed by atoms with E-state index in [2.05, 4.69) is 46.6 Å². The van der Waals surface area contributed by atoms with Crippen molar-refractivity contribution in [2.45, 2.75) is 44.0 Å². The minimum Gasteiger partial charge on any atom is -0.445 e. The summed E-state index contributed by atoms with van der Waals surface area (Å²) in [6.45, 7) is 0.183. The maximum atomic E-state index is 13.0. The Morgan fingerprint density at radius 1 is 0.897 bits per heavy atom. The first-order valence-electron chi connectivity index (χ1n) is 13.2. The molecule has 4 aromatic carbocycles. The SMILES string of the molecule is O=C(N[C@H]1C[C@@H](c2cccc([N+](=O)[O-])c2)N2c3c(cccc31)CC[C@H]2c1ccccc1)OCc1ccccc1. The van der Waals surface area contributed by atoms with Gasteiger partial charge in [-0.2, -0.15) is 0 Å². The Labute approximate surface area is 227 Å². The number of rotatable bonds is 6. The summed E-state index contributed by atoms with van der Waals surface area (Å²) >= 11 is 0. The van der Waals surface area contributed by atoms with Gasteiger partial charge in [0.2, 0.25) is 0 Å². The number of ether oxygens (including phenoxy) is 1. The van der Waals surface area contributed by atoms with Crippen LogP contribution in [-0.2, 0) is 17.8 Å². The fourth-order valence-corrected chi connectivity index (χ4v) is 6.02. The van der Waals surface area contributed by atoms with Crippen LogP contribution in [0.1, 0.15) is 58.8 Å². The van der Waals surface area contributed by atoms with Crippen molar-refractivity contribution in [2.24, 2.45) is 0 Å². The predicted octanol–water partition coefficient (Wildman–Crippen LogP) is 7.20. The van der Waals surface area contributed by atoms with Crippen LogP contribution in [0.4, 0.5) is 16.2 Å². The number of nitro groups is 1. The lowest BCUT2D eigenvalue weighted by molar-refractivity contribution is -0.384. The van der Waals surface area contributed by atoms with Gasteiger partial charge >= 0.3 is 6.09 Å². The highest BCUT2D eigenvalue weighted by molar-refractivity contribution is 5.72. The molecule has 0 aromatic heterocycles. The van der Waals surface area contributed by atoms with E-state index in [0.29, 0.717) is 6.42 Å². The number of anilines is 1. The quantitative estimate of drug-likeness (QED) is 0.215. The summed E-state index contributed by atoms with van der Waals surface area (Å²) in [5.74, 6) is 0. The van der Waals surface area contributed by atoms with E-state index in [1.54, 1.807) is 12.1 Å². The minimum atomic E-state index is -0.483. The summed E-state index contributed by atoms with van der Waals surface area (Å²) in [6.07, 6.45) is 1.92. The molecule has 0 aliphatic carbocycles. The smallest absolute Gasteiger partial charge is 0.407 e. The van der Waals surface area contributed by atoms with Gasteiger partial charge in [0.25, 0.3) is 5.69 Å². The van der Waals surface area contributed by atoms with E-state index in [-0.39, 0.29) is 35.3 Å². The summed E-state index contributed by atoms with van der Waals surface area (Å²) < 4.78 is 5.57. The first kappa shape index (κ1) is 24.7. The van der Waals surface area contributed by atoms with Crippen LogP contribution in [0.3, 0.4) is 0 Å². The molecule has 3 atom stereocenters. The highest BCUT2D eigenvalue weighted by atomic mass is 16.6. The van der Waals surface area contributed by atoms with Crippen molar-refractivity contribution in [3.63, 3.8) is 0 Å². The van der Waals surface area contributed by atoms with Crippen molar-refractivity contribution < 1.29 is 14.5 Å². The third kappa shape index (κ3) is 4.95. The van der Waals surface area contributed by atoms with Crippen molar-refractivity contribution in [1.29, 1.82) is 0 Å². The van der Waals surface area contributed by atoms with Crippen LogP contribution >= 0.6 is 0 Å². The molecular weight excluding hydrogens is 490 g/mol. The lowest BCUT2D eigenvalue weighted by Crippen LogP contribution is -2.44. The topological polar surface area (TPSA) is 84.7 Å². The van der Waals surface area contributed by atoms with E-state index >= 15 is 0 Å². The highest BCUT2D eigenvalue weighted by Gasteiger charge is 2.42. The minimum absolute atomic E-state index is 0.0617. The highest BCUT2D eigenvalue weighted by Crippen LogP contribution is 2.53. The first-order chi connectivity index (χ1) is 19.1. The van der Waals surface area contributed by atoms with Gasteiger partial charge < -0.3 is 15.0 Å². The molecule has 2 aliphatic heterocycles. The van der Waals surface area contributed by atoms with Gasteiger partial charge in [-0.15, -0.1) is 0 Å². The standard InChI is InChI=1S/C32H29N3O4/c36-32(39-21-22-9-3-1-4-10-22)33-28-20-30(25-14-7-15-26(19-25)35(37)38)34-29(23-11-5-2-6-12-23)18-17-24-13-8-16-27(28)31(24)34/h1-16,19,28-30H,17-18,20-21H2,(H,33,36)/t28-,29-,30-/m0/s1. The molecule has 7 heteroatoms. The van der Waals surface area contributed by atoms with Crippen LogP contribution in [0, 0.1) is 10.1 Å².